The van der Waals surface area contributed by atoms with Crippen molar-refractivity contribution in [2.24, 2.45) is 0 Å². The van der Waals surface area contributed by atoms with Gasteiger partial charge in [-0.05, 0) is 61.9 Å². The molecule has 0 unspecified atom stereocenters. The van der Waals surface area contributed by atoms with E-state index in [1.165, 1.54) is 5.69 Å². The lowest BCUT2D eigenvalue weighted by Crippen LogP contribution is -2.48. The van der Waals surface area contributed by atoms with Gasteiger partial charge in [-0.25, -0.2) is 15.0 Å². The minimum atomic E-state index is -0.0670. The van der Waals surface area contributed by atoms with Crippen molar-refractivity contribution in [1.29, 1.82) is 0 Å². The normalized spacial score (nSPS) is 13.8. The van der Waals surface area contributed by atoms with E-state index in [0.29, 0.717) is 18.4 Å². The number of benzene rings is 3. The van der Waals surface area contributed by atoms with Gasteiger partial charge < -0.3 is 15.5 Å². The van der Waals surface area contributed by atoms with E-state index >= 15 is 0 Å². The Balaban J connectivity index is 1.10. The first kappa shape index (κ1) is 29.6. The van der Waals surface area contributed by atoms with E-state index < -0.39 is 0 Å². The van der Waals surface area contributed by atoms with Crippen LogP contribution in [0.1, 0.15) is 19.4 Å². The molecule has 9 nitrogen and oxygen atoms in total. The van der Waals surface area contributed by atoms with Crippen molar-refractivity contribution in [2.75, 3.05) is 41.7 Å². The van der Waals surface area contributed by atoms with Crippen LogP contribution >= 0.6 is 11.3 Å². The number of fused-ring (bicyclic) bond motifs is 1. The number of aromatic nitrogens is 4. The Kier molecular flexibility index (Phi) is 8.45. The smallest absolute Gasteiger partial charge is 0.228 e. The number of amides is 1. The summed E-state index contributed by atoms with van der Waals surface area (Å²) < 4.78 is 2.06. The molecule has 3 aromatic carbocycles. The molecule has 0 saturated carbocycles. The Morgan fingerprint density at radius 3 is 2.48 bits per heavy atom. The van der Waals surface area contributed by atoms with Crippen LogP contribution in [0.3, 0.4) is 0 Å². The van der Waals surface area contributed by atoms with Crippen molar-refractivity contribution in [1.82, 2.24) is 24.3 Å². The van der Waals surface area contributed by atoms with Gasteiger partial charge in [0.1, 0.15) is 5.69 Å². The van der Waals surface area contributed by atoms with Crippen molar-refractivity contribution in [3.63, 3.8) is 0 Å². The van der Waals surface area contributed by atoms with Crippen molar-refractivity contribution >= 4 is 45.2 Å². The summed E-state index contributed by atoms with van der Waals surface area (Å²) in [5.41, 5.74) is 7.13. The second-order valence-electron chi connectivity index (χ2n) is 11.7. The summed E-state index contributed by atoms with van der Waals surface area (Å²) in [6.07, 6.45) is 4.08. The molecule has 10 heteroatoms. The molecule has 1 fully saturated rings. The first-order valence-corrected chi connectivity index (χ1v) is 16.5. The van der Waals surface area contributed by atoms with Crippen molar-refractivity contribution < 1.29 is 4.79 Å². The van der Waals surface area contributed by atoms with Gasteiger partial charge in [-0.1, -0.05) is 42.5 Å². The van der Waals surface area contributed by atoms with Gasteiger partial charge in [-0.2, -0.15) is 0 Å². The zero-order chi connectivity index (χ0) is 31.5. The third-order valence-corrected chi connectivity index (χ3v) is 9.08. The monoisotopic (exact) mass is 628 g/mol. The van der Waals surface area contributed by atoms with Gasteiger partial charge in [-0.15, -0.1) is 11.3 Å². The van der Waals surface area contributed by atoms with Gasteiger partial charge in [0.15, 0.2) is 4.96 Å². The van der Waals surface area contributed by atoms with Gasteiger partial charge in [0.2, 0.25) is 11.9 Å². The first-order chi connectivity index (χ1) is 22.5. The number of thiazole rings is 1. The highest BCUT2D eigenvalue weighted by Crippen LogP contribution is 2.35. The lowest BCUT2D eigenvalue weighted by Gasteiger charge is -2.38. The highest BCUT2D eigenvalue weighted by Gasteiger charge is 2.20. The summed E-state index contributed by atoms with van der Waals surface area (Å²) in [6.45, 7) is 8.75. The third kappa shape index (κ3) is 6.49. The molecule has 7 rings (SSSR count). The van der Waals surface area contributed by atoms with Gasteiger partial charge in [0.25, 0.3) is 0 Å². The third-order valence-electron chi connectivity index (χ3n) is 8.32. The number of anilines is 4. The van der Waals surface area contributed by atoms with Crippen LogP contribution in [0.4, 0.5) is 23.0 Å². The quantitative estimate of drug-likeness (QED) is 0.179. The number of rotatable bonds is 9. The molecule has 1 aliphatic rings. The van der Waals surface area contributed by atoms with E-state index in [1.807, 2.05) is 72.2 Å². The average molecular weight is 629 g/mol. The summed E-state index contributed by atoms with van der Waals surface area (Å²) in [6, 6.07) is 28.5. The summed E-state index contributed by atoms with van der Waals surface area (Å²) in [5, 5.41) is 8.44. The number of nitrogens with zero attached hydrogens (tertiary/aromatic N) is 6. The fraction of sp³-hybridized carbons (Fsp3) is 0.222. The van der Waals surface area contributed by atoms with E-state index in [9.17, 15) is 4.79 Å². The molecule has 3 aromatic heterocycles. The maximum Gasteiger partial charge on any atom is 0.228 e. The molecule has 0 aliphatic carbocycles. The van der Waals surface area contributed by atoms with E-state index in [2.05, 4.69) is 67.9 Å². The number of nitrogens with one attached hydrogen (secondary N) is 2. The van der Waals surface area contributed by atoms with Crippen molar-refractivity contribution in [3.05, 3.63) is 108 Å². The lowest BCUT2D eigenvalue weighted by molar-refractivity contribution is -0.115. The van der Waals surface area contributed by atoms with Gasteiger partial charge >= 0.3 is 0 Å². The molecule has 2 N–H and O–H groups in total. The van der Waals surface area contributed by atoms with Gasteiger partial charge in [0, 0.05) is 72.6 Å². The van der Waals surface area contributed by atoms with Crippen LogP contribution in [0.15, 0.2) is 103 Å². The Bertz CT molecular complexity index is 1940. The second kappa shape index (κ2) is 13.1. The fourth-order valence-corrected chi connectivity index (χ4v) is 6.61. The molecule has 232 valence electrons. The summed E-state index contributed by atoms with van der Waals surface area (Å²) in [4.78, 5) is 33.0. The molecule has 0 atom stereocenters. The number of carbonyl (C=O) groups is 1. The molecule has 0 bridgehead atoms. The van der Waals surface area contributed by atoms with Crippen LogP contribution in [0.25, 0.3) is 27.6 Å². The molecule has 46 heavy (non-hydrogen) atoms. The molecule has 4 heterocycles. The van der Waals surface area contributed by atoms with Crippen LogP contribution in [0.2, 0.25) is 0 Å². The standard InChI is InChI=1S/C36H36N8OS/c1-25(2)42-17-19-43(20-18-42)30-13-11-28(12-14-30)39-35-37-16-15-31(40-35)34-33(41-36-44(34)21-22-46-36)27-9-6-10-29(24-27)38-32(45)23-26-7-4-3-5-8-26/h3-16,21-22,24-25H,17-20,23H2,1-2H3,(H,38,45)(H,37,39,40). The average Bonchev–Trinajstić information content (AvgIpc) is 3.68. The van der Waals surface area contributed by atoms with E-state index in [4.69, 9.17) is 9.97 Å². The molecular formula is C36H36N8OS. The van der Waals surface area contributed by atoms with Crippen molar-refractivity contribution in [3.8, 4) is 22.6 Å². The van der Waals surface area contributed by atoms with Crippen LogP contribution in [0.5, 0.6) is 0 Å². The minimum absolute atomic E-state index is 0.0670. The van der Waals surface area contributed by atoms with E-state index in [0.717, 1.165) is 70.7 Å². The highest BCUT2D eigenvalue weighted by molar-refractivity contribution is 7.15. The lowest BCUT2D eigenvalue weighted by atomic mass is 10.1. The molecule has 6 aromatic rings. The van der Waals surface area contributed by atoms with E-state index in [1.54, 1.807) is 17.5 Å². The number of hydrogen-bond acceptors (Lipinski definition) is 8. The molecule has 1 saturated heterocycles. The zero-order valence-electron chi connectivity index (χ0n) is 25.9. The largest absolute Gasteiger partial charge is 0.369 e. The molecule has 0 radical (unpaired) electrons. The topological polar surface area (TPSA) is 90.7 Å². The Morgan fingerprint density at radius 1 is 0.891 bits per heavy atom. The maximum absolute atomic E-state index is 12.8. The van der Waals surface area contributed by atoms with Crippen LogP contribution < -0.4 is 15.5 Å². The first-order valence-electron chi connectivity index (χ1n) is 15.6. The van der Waals surface area contributed by atoms with Crippen LogP contribution in [-0.2, 0) is 11.2 Å². The van der Waals surface area contributed by atoms with Crippen molar-refractivity contribution in [2.45, 2.75) is 26.3 Å². The minimum Gasteiger partial charge on any atom is -0.369 e. The van der Waals surface area contributed by atoms with Gasteiger partial charge in [-0.3, -0.25) is 14.1 Å². The summed E-state index contributed by atoms with van der Waals surface area (Å²) >= 11 is 1.57. The van der Waals surface area contributed by atoms with Gasteiger partial charge in [0.05, 0.1) is 17.8 Å². The second-order valence-corrected chi connectivity index (χ2v) is 12.6. The molecular weight excluding hydrogens is 593 g/mol. The Morgan fingerprint density at radius 2 is 1.70 bits per heavy atom. The maximum atomic E-state index is 12.8. The van der Waals surface area contributed by atoms with E-state index in [-0.39, 0.29) is 5.91 Å². The molecule has 0 spiro atoms. The predicted octanol–water partition coefficient (Wildman–Crippen LogP) is 6.98. The summed E-state index contributed by atoms with van der Waals surface area (Å²) in [7, 11) is 0. The Labute approximate surface area is 272 Å². The van der Waals surface area contributed by atoms with Crippen LogP contribution in [0, 0.1) is 0 Å². The molecule has 1 amide bonds. The number of piperazine rings is 1. The number of hydrogen-bond donors (Lipinski definition) is 2. The molecule has 1 aliphatic heterocycles. The fourth-order valence-electron chi connectivity index (χ4n) is 5.89. The van der Waals surface area contributed by atoms with Crippen LogP contribution in [-0.4, -0.2) is 62.4 Å². The number of carbonyl (C=O) groups excluding carboxylic acids is 1. The SMILES string of the molecule is CC(C)N1CCN(c2ccc(Nc3nccc(-c4c(-c5cccc(NC(=O)Cc6ccccc6)c5)nc5sccn45)n3)cc2)CC1. The zero-order valence-corrected chi connectivity index (χ0v) is 26.7. The summed E-state index contributed by atoms with van der Waals surface area (Å²) in [5.74, 6) is 0.441. The highest BCUT2D eigenvalue weighted by atomic mass is 32.1. The number of imidazole rings is 1. The Hall–Kier alpha value is -5.06. The predicted molar refractivity (Wildman–Crippen MR) is 187 cm³/mol.